The van der Waals surface area contributed by atoms with E-state index in [1.54, 1.807) is 0 Å². The standard InChI is InChI=1S/C14H20Cl2N2/c1-10-5-6-18(11(7-10)8-17)9-12-13(15)3-2-4-14(12)16/h2-4,10-11H,5-9,17H2,1H3. The Morgan fingerprint density at radius 2 is 2.00 bits per heavy atom. The number of halogens is 2. The minimum atomic E-state index is 0.445. The first-order valence-corrected chi connectivity index (χ1v) is 7.24. The summed E-state index contributed by atoms with van der Waals surface area (Å²) in [7, 11) is 0. The van der Waals surface area contributed by atoms with Gasteiger partial charge in [-0.15, -0.1) is 0 Å². The van der Waals surface area contributed by atoms with Gasteiger partial charge < -0.3 is 5.73 Å². The van der Waals surface area contributed by atoms with Gasteiger partial charge in [0, 0.05) is 34.7 Å². The molecule has 0 bridgehead atoms. The van der Waals surface area contributed by atoms with E-state index in [2.05, 4.69) is 11.8 Å². The minimum Gasteiger partial charge on any atom is -0.329 e. The number of likely N-dealkylation sites (tertiary alicyclic amines) is 1. The SMILES string of the molecule is CC1CCN(Cc2c(Cl)cccc2Cl)C(CN)C1. The van der Waals surface area contributed by atoms with Crippen molar-refractivity contribution in [1.82, 2.24) is 4.90 Å². The van der Waals surface area contributed by atoms with Gasteiger partial charge in [-0.2, -0.15) is 0 Å². The summed E-state index contributed by atoms with van der Waals surface area (Å²) in [5, 5.41) is 1.49. The number of hydrogen-bond acceptors (Lipinski definition) is 2. The molecule has 1 aliphatic rings. The van der Waals surface area contributed by atoms with E-state index in [1.807, 2.05) is 18.2 Å². The molecule has 0 spiro atoms. The van der Waals surface area contributed by atoms with Crippen LogP contribution in [0.1, 0.15) is 25.3 Å². The number of nitrogens with two attached hydrogens (primary N) is 1. The van der Waals surface area contributed by atoms with Crippen molar-refractivity contribution < 1.29 is 0 Å². The Hall–Kier alpha value is -0.280. The summed E-state index contributed by atoms with van der Waals surface area (Å²) in [5.41, 5.74) is 6.90. The van der Waals surface area contributed by atoms with Crippen LogP contribution in [-0.4, -0.2) is 24.0 Å². The quantitative estimate of drug-likeness (QED) is 0.921. The molecule has 2 N–H and O–H groups in total. The maximum atomic E-state index is 6.23. The molecule has 1 aliphatic heterocycles. The molecule has 0 aliphatic carbocycles. The average Bonchev–Trinajstić information content (AvgIpc) is 2.35. The molecule has 2 unspecified atom stereocenters. The predicted octanol–water partition coefficient (Wildman–Crippen LogP) is 3.55. The van der Waals surface area contributed by atoms with Crippen LogP contribution in [0, 0.1) is 5.92 Å². The monoisotopic (exact) mass is 286 g/mol. The molecule has 100 valence electrons. The smallest absolute Gasteiger partial charge is 0.0465 e. The second-order valence-corrected chi connectivity index (χ2v) is 6.00. The van der Waals surface area contributed by atoms with Crippen molar-refractivity contribution in [2.45, 2.75) is 32.4 Å². The number of rotatable bonds is 3. The van der Waals surface area contributed by atoms with Gasteiger partial charge in [0.15, 0.2) is 0 Å². The van der Waals surface area contributed by atoms with Crippen LogP contribution in [0.5, 0.6) is 0 Å². The molecule has 1 aromatic rings. The summed E-state index contributed by atoms with van der Waals surface area (Å²) in [4.78, 5) is 2.41. The number of benzene rings is 1. The van der Waals surface area contributed by atoms with E-state index in [-0.39, 0.29) is 0 Å². The first kappa shape index (κ1) is 14.1. The van der Waals surface area contributed by atoms with Crippen LogP contribution in [0.15, 0.2) is 18.2 Å². The molecule has 0 radical (unpaired) electrons. The van der Waals surface area contributed by atoms with E-state index in [0.29, 0.717) is 12.6 Å². The summed E-state index contributed by atoms with van der Waals surface area (Å²) in [6.07, 6.45) is 2.39. The normalized spacial score (nSPS) is 25.3. The van der Waals surface area contributed by atoms with Crippen molar-refractivity contribution in [2.75, 3.05) is 13.1 Å². The maximum Gasteiger partial charge on any atom is 0.0465 e. The summed E-state index contributed by atoms with van der Waals surface area (Å²) < 4.78 is 0. The van der Waals surface area contributed by atoms with Gasteiger partial charge in [0.25, 0.3) is 0 Å². The van der Waals surface area contributed by atoms with Crippen molar-refractivity contribution >= 4 is 23.2 Å². The van der Waals surface area contributed by atoms with Crippen LogP contribution in [0.3, 0.4) is 0 Å². The maximum absolute atomic E-state index is 6.23. The van der Waals surface area contributed by atoms with E-state index in [0.717, 1.165) is 34.6 Å². The molecule has 0 saturated carbocycles. The molecule has 2 rings (SSSR count). The van der Waals surface area contributed by atoms with E-state index in [1.165, 1.54) is 12.8 Å². The van der Waals surface area contributed by atoms with Crippen molar-refractivity contribution in [3.05, 3.63) is 33.8 Å². The highest BCUT2D eigenvalue weighted by Crippen LogP contribution is 2.29. The molecule has 4 heteroatoms. The Bertz CT molecular complexity index is 389. The van der Waals surface area contributed by atoms with Crippen LogP contribution in [0.2, 0.25) is 10.0 Å². The third kappa shape index (κ3) is 3.18. The van der Waals surface area contributed by atoms with E-state index in [4.69, 9.17) is 28.9 Å². The fourth-order valence-electron chi connectivity index (χ4n) is 2.64. The fourth-order valence-corrected chi connectivity index (χ4v) is 3.16. The Balaban J connectivity index is 2.12. The van der Waals surface area contributed by atoms with Crippen LogP contribution >= 0.6 is 23.2 Å². The first-order chi connectivity index (χ1) is 8.61. The zero-order valence-corrected chi connectivity index (χ0v) is 12.2. The molecule has 1 heterocycles. The van der Waals surface area contributed by atoms with E-state index < -0.39 is 0 Å². The van der Waals surface area contributed by atoms with Gasteiger partial charge in [0.05, 0.1) is 0 Å². The summed E-state index contributed by atoms with van der Waals surface area (Å²) in [5.74, 6) is 0.761. The highest BCUT2D eigenvalue weighted by molar-refractivity contribution is 6.35. The zero-order valence-electron chi connectivity index (χ0n) is 10.7. The second-order valence-electron chi connectivity index (χ2n) is 5.19. The lowest BCUT2D eigenvalue weighted by atomic mass is 9.92. The van der Waals surface area contributed by atoms with Gasteiger partial charge in [-0.05, 0) is 37.4 Å². The summed E-state index contributed by atoms with van der Waals surface area (Å²) in [6.45, 7) is 4.87. The van der Waals surface area contributed by atoms with Crippen LogP contribution in [-0.2, 0) is 6.54 Å². The van der Waals surface area contributed by atoms with Gasteiger partial charge in [-0.25, -0.2) is 0 Å². The average molecular weight is 287 g/mol. The number of hydrogen-bond donors (Lipinski definition) is 1. The molecule has 0 amide bonds. The van der Waals surface area contributed by atoms with Crippen molar-refractivity contribution in [2.24, 2.45) is 11.7 Å². The van der Waals surface area contributed by atoms with E-state index >= 15 is 0 Å². The van der Waals surface area contributed by atoms with Crippen molar-refractivity contribution in [3.8, 4) is 0 Å². The fraction of sp³-hybridized carbons (Fsp3) is 0.571. The largest absolute Gasteiger partial charge is 0.329 e. The lowest BCUT2D eigenvalue weighted by molar-refractivity contribution is 0.115. The van der Waals surface area contributed by atoms with Gasteiger partial charge in [0.1, 0.15) is 0 Å². The Morgan fingerprint density at radius 3 is 2.61 bits per heavy atom. The van der Waals surface area contributed by atoms with Gasteiger partial charge >= 0.3 is 0 Å². The Kier molecular flexibility index (Phi) is 4.91. The number of nitrogens with zero attached hydrogens (tertiary/aromatic N) is 1. The lowest BCUT2D eigenvalue weighted by Gasteiger charge is -2.38. The molecule has 1 aromatic carbocycles. The Labute approximate surface area is 119 Å². The van der Waals surface area contributed by atoms with E-state index in [9.17, 15) is 0 Å². The Morgan fingerprint density at radius 1 is 1.33 bits per heavy atom. The van der Waals surface area contributed by atoms with Gasteiger partial charge in [-0.3, -0.25) is 4.90 Å². The highest BCUT2D eigenvalue weighted by atomic mass is 35.5. The van der Waals surface area contributed by atoms with Gasteiger partial charge in [-0.1, -0.05) is 36.2 Å². The highest BCUT2D eigenvalue weighted by Gasteiger charge is 2.26. The van der Waals surface area contributed by atoms with Crippen LogP contribution in [0.4, 0.5) is 0 Å². The summed E-state index contributed by atoms with van der Waals surface area (Å²) in [6, 6.07) is 6.12. The molecular formula is C14H20Cl2N2. The second kappa shape index (κ2) is 6.25. The predicted molar refractivity (Wildman–Crippen MR) is 78.1 cm³/mol. The summed E-state index contributed by atoms with van der Waals surface area (Å²) >= 11 is 12.5. The molecule has 0 aromatic heterocycles. The van der Waals surface area contributed by atoms with Crippen LogP contribution < -0.4 is 5.73 Å². The number of piperidine rings is 1. The molecular weight excluding hydrogens is 267 g/mol. The lowest BCUT2D eigenvalue weighted by Crippen LogP contribution is -2.45. The molecule has 1 saturated heterocycles. The van der Waals surface area contributed by atoms with Crippen LogP contribution in [0.25, 0.3) is 0 Å². The van der Waals surface area contributed by atoms with Gasteiger partial charge in [0.2, 0.25) is 0 Å². The topological polar surface area (TPSA) is 29.3 Å². The molecule has 2 nitrogen and oxygen atoms in total. The molecule has 1 fully saturated rings. The van der Waals surface area contributed by atoms with Crippen molar-refractivity contribution in [3.63, 3.8) is 0 Å². The zero-order chi connectivity index (χ0) is 13.1. The third-order valence-corrected chi connectivity index (χ3v) is 4.50. The molecule has 2 atom stereocenters. The van der Waals surface area contributed by atoms with Crippen molar-refractivity contribution in [1.29, 1.82) is 0 Å². The first-order valence-electron chi connectivity index (χ1n) is 6.48. The third-order valence-electron chi connectivity index (χ3n) is 3.79. The minimum absolute atomic E-state index is 0.445. The molecule has 18 heavy (non-hydrogen) atoms.